The van der Waals surface area contributed by atoms with Gasteiger partial charge in [-0.2, -0.15) is 0 Å². The lowest BCUT2D eigenvalue weighted by Gasteiger charge is -2.11. The zero-order valence-electron chi connectivity index (χ0n) is 11.9. The second-order valence-electron chi connectivity index (χ2n) is 4.62. The normalized spacial score (nSPS) is 12.8. The van der Waals surface area contributed by atoms with Crippen LogP contribution in [0.25, 0.3) is 0 Å². The minimum absolute atomic E-state index is 0.337. The summed E-state index contributed by atoms with van der Waals surface area (Å²) in [5.41, 5.74) is 0.991. The van der Waals surface area contributed by atoms with Crippen LogP contribution in [0.15, 0.2) is 6.20 Å². The minimum Gasteiger partial charge on any atom is -0.377 e. The first-order valence-corrected chi connectivity index (χ1v) is 6.97. The maximum Gasteiger partial charge on any atom is 0.0964 e. The van der Waals surface area contributed by atoms with Crippen molar-refractivity contribution >= 4 is 0 Å². The van der Waals surface area contributed by atoms with Crippen LogP contribution in [0.2, 0.25) is 0 Å². The van der Waals surface area contributed by atoms with Crippen LogP contribution in [0, 0.1) is 0 Å². The van der Waals surface area contributed by atoms with Gasteiger partial charge in [0.25, 0.3) is 0 Å². The average molecular weight is 254 g/mol. The lowest BCUT2D eigenvalue weighted by molar-refractivity contribution is 0.0526. The average Bonchev–Trinajstić information content (AvgIpc) is 2.78. The van der Waals surface area contributed by atoms with Crippen molar-refractivity contribution in [1.29, 1.82) is 0 Å². The standard InChI is InChI=1S/C13H26N4O/c1-4-6-12(3)18-9-8-17-11-13(15-16-17)10-14-7-5-2/h11-12,14H,4-10H2,1-3H3. The Labute approximate surface area is 110 Å². The Kier molecular flexibility index (Phi) is 7.60. The molecule has 1 unspecified atom stereocenters. The molecule has 0 aliphatic heterocycles. The Morgan fingerprint density at radius 1 is 1.39 bits per heavy atom. The zero-order chi connectivity index (χ0) is 13.2. The summed E-state index contributed by atoms with van der Waals surface area (Å²) in [5.74, 6) is 0. The highest BCUT2D eigenvalue weighted by Gasteiger charge is 2.02. The van der Waals surface area contributed by atoms with Gasteiger partial charge in [-0.1, -0.05) is 25.5 Å². The molecule has 0 spiro atoms. The van der Waals surface area contributed by atoms with E-state index in [1.54, 1.807) is 0 Å². The van der Waals surface area contributed by atoms with Crippen molar-refractivity contribution < 1.29 is 4.74 Å². The van der Waals surface area contributed by atoms with Gasteiger partial charge in [-0.15, -0.1) is 5.10 Å². The summed E-state index contributed by atoms with van der Waals surface area (Å²) in [6.07, 6.45) is 5.74. The molecule has 1 aromatic heterocycles. The molecular formula is C13H26N4O. The maximum absolute atomic E-state index is 5.69. The van der Waals surface area contributed by atoms with Crippen LogP contribution < -0.4 is 5.32 Å². The van der Waals surface area contributed by atoms with Gasteiger partial charge in [-0.3, -0.25) is 0 Å². The molecule has 0 aromatic carbocycles. The Morgan fingerprint density at radius 2 is 2.22 bits per heavy atom. The third kappa shape index (κ3) is 6.12. The molecule has 0 saturated carbocycles. The predicted octanol–water partition coefficient (Wildman–Crippen LogP) is 1.98. The van der Waals surface area contributed by atoms with E-state index in [0.29, 0.717) is 12.7 Å². The van der Waals surface area contributed by atoms with Crippen LogP contribution in [-0.4, -0.2) is 34.2 Å². The summed E-state index contributed by atoms with van der Waals surface area (Å²) in [5, 5.41) is 11.5. The molecule has 0 fully saturated rings. The van der Waals surface area contributed by atoms with Crippen LogP contribution in [-0.2, 0) is 17.8 Å². The van der Waals surface area contributed by atoms with Crippen molar-refractivity contribution in [2.24, 2.45) is 0 Å². The molecule has 5 heteroatoms. The van der Waals surface area contributed by atoms with Gasteiger partial charge in [-0.25, -0.2) is 4.68 Å². The third-order valence-electron chi connectivity index (χ3n) is 2.74. The number of rotatable bonds is 10. The fraction of sp³-hybridized carbons (Fsp3) is 0.846. The molecule has 5 nitrogen and oxygen atoms in total. The largest absolute Gasteiger partial charge is 0.377 e. The van der Waals surface area contributed by atoms with E-state index in [-0.39, 0.29) is 0 Å². The molecule has 1 rings (SSSR count). The second-order valence-corrected chi connectivity index (χ2v) is 4.62. The summed E-state index contributed by atoms with van der Waals surface area (Å²) in [7, 11) is 0. The molecule has 104 valence electrons. The summed E-state index contributed by atoms with van der Waals surface area (Å²) in [6, 6.07) is 0. The van der Waals surface area contributed by atoms with Gasteiger partial charge < -0.3 is 10.1 Å². The highest BCUT2D eigenvalue weighted by Crippen LogP contribution is 2.01. The number of nitrogens with one attached hydrogen (secondary N) is 1. The first kappa shape index (κ1) is 15.1. The molecule has 1 atom stereocenters. The highest BCUT2D eigenvalue weighted by atomic mass is 16.5. The van der Waals surface area contributed by atoms with Gasteiger partial charge in [0.05, 0.1) is 24.9 Å². The lowest BCUT2D eigenvalue weighted by Crippen LogP contribution is -2.14. The Morgan fingerprint density at radius 3 is 2.94 bits per heavy atom. The number of hydrogen-bond acceptors (Lipinski definition) is 4. The van der Waals surface area contributed by atoms with Crippen LogP contribution >= 0.6 is 0 Å². The number of ether oxygens (including phenoxy) is 1. The Bertz CT molecular complexity index is 314. The number of hydrogen-bond donors (Lipinski definition) is 1. The molecular weight excluding hydrogens is 228 g/mol. The van der Waals surface area contributed by atoms with E-state index < -0.39 is 0 Å². The van der Waals surface area contributed by atoms with E-state index in [9.17, 15) is 0 Å². The summed E-state index contributed by atoms with van der Waals surface area (Å²) in [4.78, 5) is 0. The third-order valence-corrected chi connectivity index (χ3v) is 2.74. The Hall–Kier alpha value is -0.940. The summed E-state index contributed by atoms with van der Waals surface area (Å²) >= 11 is 0. The van der Waals surface area contributed by atoms with Gasteiger partial charge >= 0.3 is 0 Å². The van der Waals surface area contributed by atoms with Crippen molar-refractivity contribution in [3.8, 4) is 0 Å². The molecule has 0 bridgehead atoms. The molecule has 1 aromatic rings. The van der Waals surface area contributed by atoms with Crippen molar-refractivity contribution in [3.63, 3.8) is 0 Å². The molecule has 18 heavy (non-hydrogen) atoms. The van der Waals surface area contributed by atoms with E-state index in [1.165, 1.54) is 0 Å². The molecule has 0 amide bonds. The van der Waals surface area contributed by atoms with Gasteiger partial charge in [0, 0.05) is 12.7 Å². The fourth-order valence-electron chi connectivity index (χ4n) is 1.76. The summed E-state index contributed by atoms with van der Waals surface area (Å²) in [6.45, 7) is 9.73. The zero-order valence-corrected chi connectivity index (χ0v) is 11.9. The fourth-order valence-corrected chi connectivity index (χ4v) is 1.76. The van der Waals surface area contributed by atoms with E-state index >= 15 is 0 Å². The molecule has 0 aliphatic rings. The van der Waals surface area contributed by atoms with Gasteiger partial charge in [0.2, 0.25) is 0 Å². The predicted molar refractivity (Wildman–Crippen MR) is 72.3 cm³/mol. The van der Waals surface area contributed by atoms with E-state index in [0.717, 1.165) is 44.6 Å². The smallest absolute Gasteiger partial charge is 0.0964 e. The van der Waals surface area contributed by atoms with Gasteiger partial charge in [0.1, 0.15) is 0 Å². The number of aromatic nitrogens is 3. The topological polar surface area (TPSA) is 52.0 Å². The Balaban J connectivity index is 2.18. The van der Waals surface area contributed by atoms with Crippen molar-refractivity contribution in [1.82, 2.24) is 20.3 Å². The molecule has 0 aliphatic carbocycles. The molecule has 1 heterocycles. The van der Waals surface area contributed by atoms with Gasteiger partial charge in [-0.05, 0) is 26.3 Å². The van der Waals surface area contributed by atoms with Crippen LogP contribution in [0.4, 0.5) is 0 Å². The quantitative estimate of drug-likeness (QED) is 0.649. The molecule has 0 saturated heterocycles. The van der Waals surface area contributed by atoms with Crippen LogP contribution in [0.1, 0.15) is 45.7 Å². The molecule has 1 N–H and O–H groups in total. The van der Waals surface area contributed by atoms with E-state index in [1.807, 2.05) is 10.9 Å². The van der Waals surface area contributed by atoms with Crippen LogP contribution in [0.5, 0.6) is 0 Å². The van der Waals surface area contributed by atoms with Crippen molar-refractivity contribution in [2.45, 2.75) is 59.2 Å². The maximum atomic E-state index is 5.69. The lowest BCUT2D eigenvalue weighted by atomic mass is 10.2. The molecule has 0 radical (unpaired) electrons. The first-order valence-electron chi connectivity index (χ1n) is 6.97. The summed E-state index contributed by atoms with van der Waals surface area (Å²) < 4.78 is 7.54. The first-order chi connectivity index (χ1) is 8.76. The van der Waals surface area contributed by atoms with Gasteiger partial charge in [0.15, 0.2) is 0 Å². The minimum atomic E-state index is 0.337. The van der Waals surface area contributed by atoms with E-state index in [4.69, 9.17) is 4.74 Å². The van der Waals surface area contributed by atoms with Crippen molar-refractivity contribution in [2.75, 3.05) is 13.2 Å². The van der Waals surface area contributed by atoms with Crippen LogP contribution in [0.3, 0.4) is 0 Å². The van der Waals surface area contributed by atoms with E-state index in [2.05, 4.69) is 36.4 Å². The van der Waals surface area contributed by atoms with Crippen molar-refractivity contribution in [3.05, 3.63) is 11.9 Å². The number of nitrogens with zero attached hydrogens (tertiary/aromatic N) is 3. The monoisotopic (exact) mass is 254 g/mol. The highest BCUT2D eigenvalue weighted by molar-refractivity contribution is 4.91. The SMILES string of the molecule is CCCNCc1cn(CCOC(C)CCC)nn1. The second kappa shape index (κ2) is 9.05.